The van der Waals surface area contributed by atoms with E-state index in [2.05, 4.69) is 4.98 Å². The Balaban J connectivity index is 1.84. The number of oxazole rings is 1. The summed E-state index contributed by atoms with van der Waals surface area (Å²) in [5.41, 5.74) is 8.50. The van der Waals surface area contributed by atoms with Crippen LogP contribution < -0.4 is 5.73 Å². The molecule has 0 radical (unpaired) electrons. The first-order chi connectivity index (χ1) is 9.61. The summed E-state index contributed by atoms with van der Waals surface area (Å²) in [5.74, 6) is 0.717. The minimum absolute atomic E-state index is 0.235. The fraction of sp³-hybridized carbons (Fsp3) is 0.133. The number of benzene rings is 2. The van der Waals surface area contributed by atoms with Crippen LogP contribution in [0.2, 0.25) is 5.02 Å². The second-order valence-electron chi connectivity index (χ2n) is 4.64. The standard InChI is InChI=1S/C15H13ClN2O2/c16-10-3-6-13-14(8-10)20-15(18-13)12(17)7-9-1-4-11(19)5-2-9/h1-6,8,12,19H,7,17H2. The van der Waals surface area contributed by atoms with E-state index in [9.17, 15) is 5.11 Å². The van der Waals surface area contributed by atoms with Crippen LogP contribution in [-0.4, -0.2) is 10.1 Å². The first kappa shape index (κ1) is 13.0. The number of nitrogens with two attached hydrogens (primary N) is 1. The van der Waals surface area contributed by atoms with Crippen LogP contribution in [0.4, 0.5) is 0 Å². The zero-order chi connectivity index (χ0) is 14.1. The highest BCUT2D eigenvalue weighted by Crippen LogP contribution is 2.24. The summed E-state index contributed by atoms with van der Waals surface area (Å²) in [5, 5.41) is 9.86. The number of phenols is 1. The quantitative estimate of drug-likeness (QED) is 0.774. The molecular weight excluding hydrogens is 276 g/mol. The van der Waals surface area contributed by atoms with Crippen molar-refractivity contribution in [3.8, 4) is 5.75 Å². The van der Waals surface area contributed by atoms with Gasteiger partial charge in [-0.2, -0.15) is 0 Å². The van der Waals surface area contributed by atoms with E-state index in [4.69, 9.17) is 21.8 Å². The molecule has 0 bridgehead atoms. The van der Waals surface area contributed by atoms with Crippen LogP contribution in [-0.2, 0) is 6.42 Å². The summed E-state index contributed by atoms with van der Waals surface area (Å²) in [6, 6.07) is 11.9. The van der Waals surface area contributed by atoms with Crippen molar-refractivity contribution in [3.63, 3.8) is 0 Å². The molecule has 0 amide bonds. The van der Waals surface area contributed by atoms with Crippen molar-refractivity contribution in [3.05, 3.63) is 58.9 Å². The van der Waals surface area contributed by atoms with E-state index in [1.165, 1.54) is 0 Å². The Morgan fingerprint density at radius 2 is 1.95 bits per heavy atom. The smallest absolute Gasteiger partial charge is 0.212 e. The van der Waals surface area contributed by atoms with Gasteiger partial charge in [-0.3, -0.25) is 0 Å². The summed E-state index contributed by atoms with van der Waals surface area (Å²) < 4.78 is 5.64. The van der Waals surface area contributed by atoms with Gasteiger partial charge in [-0.05, 0) is 36.2 Å². The molecule has 0 aliphatic rings. The number of fused-ring (bicyclic) bond motifs is 1. The van der Waals surface area contributed by atoms with Gasteiger partial charge in [0, 0.05) is 11.1 Å². The predicted octanol–water partition coefficient (Wildman–Crippen LogP) is 3.43. The molecule has 0 fully saturated rings. The molecule has 4 nitrogen and oxygen atoms in total. The molecule has 1 aromatic heterocycles. The van der Waals surface area contributed by atoms with Gasteiger partial charge in [0.2, 0.25) is 5.89 Å². The maximum absolute atomic E-state index is 9.25. The molecule has 1 heterocycles. The first-order valence-electron chi connectivity index (χ1n) is 6.21. The van der Waals surface area contributed by atoms with Crippen LogP contribution >= 0.6 is 11.6 Å². The van der Waals surface area contributed by atoms with Crippen LogP contribution in [0, 0.1) is 0 Å². The predicted molar refractivity (Wildman–Crippen MR) is 77.8 cm³/mol. The SMILES string of the molecule is NC(Cc1ccc(O)cc1)c1nc2ccc(Cl)cc2o1. The Kier molecular flexibility index (Phi) is 3.34. The molecule has 1 unspecified atom stereocenters. The van der Waals surface area contributed by atoms with Gasteiger partial charge in [-0.25, -0.2) is 4.98 Å². The lowest BCUT2D eigenvalue weighted by atomic mass is 10.1. The van der Waals surface area contributed by atoms with Crippen LogP contribution in [0.1, 0.15) is 17.5 Å². The third kappa shape index (κ3) is 2.61. The Morgan fingerprint density at radius 3 is 2.70 bits per heavy atom. The van der Waals surface area contributed by atoms with E-state index in [0.29, 0.717) is 22.9 Å². The molecule has 0 aliphatic heterocycles. The van der Waals surface area contributed by atoms with Gasteiger partial charge < -0.3 is 15.3 Å². The van der Waals surface area contributed by atoms with Crippen LogP contribution in [0.3, 0.4) is 0 Å². The van der Waals surface area contributed by atoms with Gasteiger partial charge in [-0.1, -0.05) is 23.7 Å². The lowest BCUT2D eigenvalue weighted by Gasteiger charge is -2.07. The summed E-state index contributed by atoms with van der Waals surface area (Å²) in [4.78, 5) is 4.37. The summed E-state index contributed by atoms with van der Waals surface area (Å²) in [6.07, 6.45) is 0.584. The van der Waals surface area contributed by atoms with Crippen LogP contribution in [0.25, 0.3) is 11.1 Å². The number of aromatic nitrogens is 1. The number of hydrogen-bond acceptors (Lipinski definition) is 4. The zero-order valence-corrected chi connectivity index (χ0v) is 11.3. The Labute approximate surface area is 120 Å². The number of nitrogens with zero attached hydrogens (tertiary/aromatic N) is 1. The van der Waals surface area contributed by atoms with E-state index < -0.39 is 0 Å². The highest BCUT2D eigenvalue weighted by atomic mass is 35.5. The molecule has 0 spiro atoms. The van der Waals surface area contributed by atoms with Crippen molar-refractivity contribution >= 4 is 22.7 Å². The van der Waals surface area contributed by atoms with Gasteiger partial charge in [-0.15, -0.1) is 0 Å². The Morgan fingerprint density at radius 1 is 1.20 bits per heavy atom. The molecule has 5 heteroatoms. The minimum Gasteiger partial charge on any atom is -0.508 e. The molecule has 1 atom stereocenters. The highest BCUT2D eigenvalue weighted by Gasteiger charge is 2.14. The molecule has 102 valence electrons. The van der Waals surface area contributed by atoms with Gasteiger partial charge in [0.15, 0.2) is 5.58 Å². The van der Waals surface area contributed by atoms with Crippen molar-refractivity contribution in [2.24, 2.45) is 5.73 Å². The van der Waals surface area contributed by atoms with Gasteiger partial charge in [0.05, 0.1) is 6.04 Å². The molecular formula is C15H13ClN2O2. The van der Waals surface area contributed by atoms with Crippen molar-refractivity contribution < 1.29 is 9.52 Å². The number of rotatable bonds is 3. The zero-order valence-electron chi connectivity index (χ0n) is 10.6. The topological polar surface area (TPSA) is 72.3 Å². The monoisotopic (exact) mass is 288 g/mol. The van der Waals surface area contributed by atoms with Crippen molar-refractivity contribution in [1.29, 1.82) is 0 Å². The molecule has 3 N–H and O–H groups in total. The average molecular weight is 289 g/mol. The maximum atomic E-state index is 9.25. The average Bonchev–Trinajstić information content (AvgIpc) is 2.84. The van der Waals surface area contributed by atoms with Gasteiger partial charge in [0.25, 0.3) is 0 Å². The Hall–Kier alpha value is -2.04. The fourth-order valence-corrected chi connectivity index (χ4v) is 2.21. The normalized spacial score (nSPS) is 12.7. The number of phenolic OH excluding ortho intramolecular Hbond substituents is 1. The van der Waals surface area contributed by atoms with E-state index >= 15 is 0 Å². The summed E-state index contributed by atoms with van der Waals surface area (Å²) >= 11 is 5.91. The van der Waals surface area contributed by atoms with Crippen molar-refractivity contribution in [2.75, 3.05) is 0 Å². The molecule has 0 saturated carbocycles. The summed E-state index contributed by atoms with van der Waals surface area (Å²) in [6.45, 7) is 0. The first-order valence-corrected chi connectivity index (χ1v) is 6.59. The molecule has 3 aromatic rings. The highest BCUT2D eigenvalue weighted by molar-refractivity contribution is 6.31. The maximum Gasteiger partial charge on any atom is 0.212 e. The molecule has 0 saturated heterocycles. The van der Waals surface area contributed by atoms with E-state index in [-0.39, 0.29) is 11.8 Å². The van der Waals surface area contributed by atoms with Crippen molar-refractivity contribution in [1.82, 2.24) is 4.98 Å². The number of halogens is 1. The molecule has 2 aromatic carbocycles. The largest absolute Gasteiger partial charge is 0.508 e. The van der Waals surface area contributed by atoms with Gasteiger partial charge in [0.1, 0.15) is 11.3 Å². The summed E-state index contributed by atoms with van der Waals surface area (Å²) in [7, 11) is 0. The lowest BCUT2D eigenvalue weighted by Crippen LogP contribution is -2.13. The van der Waals surface area contributed by atoms with Gasteiger partial charge >= 0.3 is 0 Å². The minimum atomic E-state index is -0.342. The van der Waals surface area contributed by atoms with Crippen molar-refractivity contribution in [2.45, 2.75) is 12.5 Å². The molecule has 0 aliphatic carbocycles. The second-order valence-corrected chi connectivity index (χ2v) is 5.08. The van der Waals surface area contributed by atoms with E-state index in [0.717, 1.165) is 11.1 Å². The fourth-order valence-electron chi connectivity index (χ4n) is 2.05. The van der Waals surface area contributed by atoms with E-state index in [1.807, 2.05) is 12.1 Å². The Bertz CT molecular complexity index is 737. The number of hydrogen-bond donors (Lipinski definition) is 2. The lowest BCUT2D eigenvalue weighted by molar-refractivity contribution is 0.470. The van der Waals surface area contributed by atoms with Crippen LogP contribution in [0.15, 0.2) is 46.9 Å². The second kappa shape index (κ2) is 5.15. The number of aromatic hydroxyl groups is 1. The van der Waals surface area contributed by atoms with E-state index in [1.54, 1.807) is 30.3 Å². The van der Waals surface area contributed by atoms with Crippen LogP contribution in [0.5, 0.6) is 5.75 Å². The molecule has 20 heavy (non-hydrogen) atoms. The third-order valence-corrected chi connectivity index (χ3v) is 3.31. The molecule has 3 rings (SSSR count). The third-order valence-electron chi connectivity index (χ3n) is 3.08.